The molecule has 0 radical (unpaired) electrons. The Labute approximate surface area is 120 Å². The number of ether oxygens (including phenoxy) is 1. The molecule has 0 bridgehead atoms. The van der Waals surface area contributed by atoms with E-state index < -0.39 is 0 Å². The first-order valence-corrected chi connectivity index (χ1v) is 7.07. The van der Waals surface area contributed by atoms with Crippen molar-refractivity contribution in [2.24, 2.45) is 0 Å². The molecule has 0 aliphatic heterocycles. The molecule has 0 atom stereocenters. The normalized spacial score (nSPS) is 10.8. The fourth-order valence-electron chi connectivity index (χ4n) is 1.94. The molecule has 1 aromatic rings. The smallest absolute Gasteiger partial charge is 0.320 e. The molecule has 1 aromatic carbocycles. The summed E-state index contributed by atoms with van der Waals surface area (Å²) in [6.07, 6.45) is 0.989. The maximum Gasteiger partial charge on any atom is 0.320 e. The van der Waals surface area contributed by atoms with Gasteiger partial charge in [0.2, 0.25) is 0 Å². The molecule has 0 amide bonds. The zero-order valence-corrected chi connectivity index (χ0v) is 12.7. The van der Waals surface area contributed by atoms with Crippen LogP contribution in [-0.2, 0) is 16.1 Å². The first-order valence-electron chi connectivity index (χ1n) is 6.69. The highest BCUT2D eigenvalue weighted by Crippen LogP contribution is 2.19. The number of carbonyl (C=O) groups excluding carboxylic acids is 1. The summed E-state index contributed by atoms with van der Waals surface area (Å²) in [4.78, 5) is 13.6. The molecule has 0 spiro atoms. The molecular weight excluding hydrogens is 262 g/mol. The molecule has 0 aromatic heterocycles. The van der Waals surface area contributed by atoms with Crippen LogP contribution in [0, 0.1) is 6.92 Å². The van der Waals surface area contributed by atoms with Crippen LogP contribution in [0.2, 0.25) is 5.02 Å². The molecule has 0 aliphatic rings. The van der Waals surface area contributed by atoms with Gasteiger partial charge in [-0.2, -0.15) is 0 Å². The topological polar surface area (TPSA) is 29.5 Å². The number of hydrogen-bond donors (Lipinski definition) is 0. The number of esters is 1. The van der Waals surface area contributed by atoms with Crippen LogP contribution in [0.25, 0.3) is 0 Å². The average Bonchev–Trinajstić information content (AvgIpc) is 2.33. The van der Waals surface area contributed by atoms with Gasteiger partial charge in [0.1, 0.15) is 0 Å². The minimum atomic E-state index is -0.181. The zero-order chi connectivity index (χ0) is 14.3. The van der Waals surface area contributed by atoms with E-state index >= 15 is 0 Å². The van der Waals surface area contributed by atoms with Gasteiger partial charge in [-0.3, -0.25) is 9.69 Å². The van der Waals surface area contributed by atoms with Crippen LogP contribution in [0.4, 0.5) is 0 Å². The van der Waals surface area contributed by atoms with E-state index in [1.165, 1.54) is 0 Å². The lowest BCUT2D eigenvalue weighted by molar-refractivity contribution is -0.144. The number of nitrogens with zero attached hydrogens (tertiary/aromatic N) is 1. The summed E-state index contributed by atoms with van der Waals surface area (Å²) in [5.74, 6) is -0.181. The molecule has 0 aliphatic carbocycles. The summed E-state index contributed by atoms with van der Waals surface area (Å²) in [6, 6.07) is 6.01. The Balaban J connectivity index is 2.69. The van der Waals surface area contributed by atoms with Crippen LogP contribution < -0.4 is 0 Å². The number of aryl methyl sites for hydroxylation is 1. The third kappa shape index (κ3) is 5.62. The van der Waals surface area contributed by atoms with Crippen molar-refractivity contribution < 1.29 is 9.53 Å². The zero-order valence-electron chi connectivity index (χ0n) is 11.9. The second-order valence-corrected chi connectivity index (χ2v) is 5.02. The summed E-state index contributed by atoms with van der Waals surface area (Å²) >= 11 is 6.23. The van der Waals surface area contributed by atoms with E-state index in [9.17, 15) is 4.79 Å². The van der Waals surface area contributed by atoms with Crippen molar-refractivity contribution in [1.29, 1.82) is 0 Å². The minimum Gasteiger partial charge on any atom is -0.465 e. The average molecular weight is 284 g/mol. The lowest BCUT2D eigenvalue weighted by Crippen LogP contribution is -2.31. The van der Waals surface area contributed by atoms with Crippen LogP contribution in [0.3, 0.4) is 0 Å². The maximum absolute atomic E-state index is 11.6. The highest BCUT2D eigenvalue weighted by Gasteiger charge is 2.12. The summed E-state index contributed by atoms with van der Waals surface area (Å²) < 4.78 is 4.99. The van der Waals surface area contributed by atoms with Crippen LogP contribution >= 0.6 is 11.6 Å². The minimum absolute atomic E-state index is 0.181. The van der Waals surface area contributed by atoms with Gasteiger partial charge in [0.05, 0.1) is 13.2 Å². The fraction of sp³-hybridized carbons (Fsp3) is 0.533. The van der Waals surface area contributed by atoms with E-state index in [0.29, 0.717) is 19.7 Å². The van der Waals surface area contributed by atoms with E-state index in [2.05, 4.69) is 11.8 Å². The van der Waals surface area contributed by atoms with Crippen molar-refractivity contribution in [1.82, 2.24) is 4.90 Å². The Kier molecular flexibility index (Phi) is 6.89. The molecule has 3 nitrogen and oxygen atoms in total. The van der Waals surface area contributed by atoms with Gasteiger partial charge in [-0.15, -0.1) is 0 Å². The highest BCUT2D eigenvalue weighted by molar-refractivity contribution is 6.31. The van der Waals surface area contributed by atoms with Gasteiger partial charge in [-0.25, -0.2) is 0 Å². The largest absolute Gasteiger partial charge is 0.465 e. The lowest BCUT2D eigenvalue weighted by atomic mass is 10.1. The first-order chi connectivity index (χ1) is 9.06. The second kappa shape index (κ2) is 8.18. The molecule has 0 unspecified atom stereocenters. The van der Waals surface area contributed by atoms with E-state index in [-0.39, 0.29) is 5.97 Å². The molecule has 0 heterocycles. The predicted octanol–water partition coefficient (Wildman–Crippen LogP) is 3.42. The van der Waals surface area contributed by atoms with Gasteiger partial charge in [0.25, 0.3) is 0 Å². The summed E-state index contributed by atoms with van der Waals surface area (Å²) in [5.41, 5.74) is 2.19. The van der Waals surface area contributed by atoms with Crippen molar-refractivity contribution in [3.8, 4) is 0 Å². The molecule has 0 saturated heterocycles. The van der Waals surface area contributed by atoms with Gasteiger partial charge in [-0.1, -0.05) is 30.7 Å². The Hall–Kier alpha value is -1.06. The van der Waals surface area contributed by atoms with Crippen LogP contribution in [0.5, 0.6) is 0 Å². The van der Waals surface area contributed by atoms with Gasteiger partial charge < -0.3 is 4.74 Å². The fourth-order valence-corrected chi connectivity index (χ4v) is 2.24. The Morgan fingerprint density at radius 3 is 2.68 bits per heavy atom. The quantitative estimate of drug-likeness (QED) is 0.718. The number of rotatable bonds is 7. The van der Waals surface area contributed by atoms with Gasteiger partial charge in [0.15, 0.2) is 0 Å². The molecule has 4 heteroatoms. The molecule has 1 rings (SSSR count). The van der Waals surface area contributed by atoms with Gasteiger partial charge in [-0.05, 0) is 44.0 Å². The molecular formula is C15H22ClNO2. The van der Waals surface area contributed by atoms with Crippen molar-refractivity contribution in [3.63, 3.8) is 0 Å². The van der Waals surface area contributed by atoms with Gasteiger partial charge >= 0.3 is 5.97 Å². The summed E-state index contributed by atoms with van der Waals surface area (Å²) in [6.45, 7) is 8.18. The first kappa shape index (κ1) is 16.0. The van der Waals surface area contributed by atoms with Crippen molar-refractivity contribution >= 4 is 17.6 Å². The van der Waals surface area contributed by atoms with Crippen LogP contribution in [-0.4, -0.2) is 30.6 Å². The van der Waals surface area contributed by atoms with E-state index in [1.54, 1.807) is 0 Å². The van der Waals surface area contributed by atoms with Crippen molar-refractivity contribution in [3.05, 3.63) is 34.3 Å². The molecule has 19 heavy (non-hydrogen) atoms. The lowest BCUT2D eigenvalue weighted by Gasteiger charge is -2.21. The molecule has 106 valence electrons. The number of halogens is 1. The van der Waals surface area contributed by atoms with Gasteiger partial charge in [0, 0.05) is 11.6 Å². The van der Waals surface area contributed by atoms with Crippen LogP contribution in [0.1, 0.15) is 31.4 Å². The third-order valence-corrected chi connectivity index (χ3v) is 3.15. The van der Waals surface area contributed by atoms with E-state index in [1.807, 2.05) is 32.0 Å². The van der Waals surface area contributed by atoms with Crippen molar-refractivity contribution in [2.75, 3.05) is 19.7 Å². The Morgan fingerprint density at radius 2 is 2.11 bits per heavy atom. The summed E-state index contributed by atoms with van der Waals surface area (Å²) in [7, 11) is 0. The van der Waals surface area contributed by atoms with Crippen molar-refractivity contribution in [2.45, 2.75) is 33.7 Å². The summed E-state index contributed by atoms with van der Waals surface area (Å²) in [5, 5.41) is 0.755. The molecule has 0 fully saturated rings. The number of carbonyl (C=O) groups is 1. The number of hydrogen-bond acceptors (Lipinski definition) is 3. The number of benzene rings is 1. The third-order valence-electron chi connectivity index (χ3n) is 2.80. The van der Waals surface area contributed by atoms with E-state index in [4.69, 9.17) is 16.3 Å². The molecule has 0 N–H and O–H groups in total. The Bertz CT molecular complexity index is 421. The molecule has 0 saturated carbocycles. The predicted molar refractivity (Wildman–Crippen MR) is 78.4 cm³/mol. The highest BCUT2D eigenvalue weighted by atomic mass is 35.5. The maximum atomic E-state index is 11.6. The standard InChI is InChI=1S/C15H22ClNO2/c1-4-8-17(11-15(18)19-5-2)10-13-7-6-12(3)9-14(13)16/h6-7,9H,4-5,8,10-11H2,1-3H3. The SMILES string of the molecule is CCCN(CC(=O)OCC)Cc1ccc(C)cc1Cl. The van der Waals surface area contributed by atoms with E-state index in [0.717, 1.165) is 29.1 Å². The Morgan fingerprint density at radius 1 is 1.37 bits per heavy atom. The monoisotopic (exact) mass is 283 g/mol. The second-order valence-electron chi connectivity index (χ2n) is 4.61. The van der Waals surface area contributed by atoms with Crippen LogP contribution in [0.15, 0.2) is 18.2 Å².